The van der Waals surface area contributed by atoms with Crippen LogP contribution in [-0.2, 0) is 6.54 Å². The van der Waals surface area contributed by atoms with Crippen molar-refractivity contribution in [3.05, 3.63) is 17.4 Å². The van der Waals surface area contributed by atoms with E-state index < -0.39 is 0 Å². The van der Waals surface area contributed by atoms with Crippen LogP contribution in [0, 0.1) is 12.3 Å². The summed E-state index contributed by atoms with van der Waals surface area (Å²) in [5.74, 6) is 2.57. The number of hydrogen-bond donors (Lipinski definition) is 0. The SMILES string of the molecule is C#CCCCn1cc(Cl)cn1. The second kappa shape index (κ2) is 4.05. The highest BCUT2D eigenvalue weighted by Gasteiger charge is 1.93. The van der Waals surface area contributed by atoms with Gasteiger partial charge in [-0.2, -0.15) is 5.10 Å². The quantitative estimate of drug-likeness (QED) is 0.498. The first kappa shape index (κ1) is 8.16. The molecule has 0 aromatic carbocycles. The summed E-state index contributed by atoms with van der Waals surface area (Å²) in [5.41, 5.74) is 0. The lowest BCUT2D eigenvalue weighted by Crippen LogP contribution is -1.96. The topological polar surface area (TPSA) is 17.8 Å². The number of nitrogens with zero attached hydrogens (tertiary/aromatic N) is 2. The van der Waals surface area contributed by atoms with Crippen LogP contribution in [0.4, 0.5) is 0 Å². The van der Waals surface area contributed by atoms with Gasteiger partial charge in [-0.1, -0.05) is 11.6 Å². The number of terminal acetylenes is 1. The van der Waals surface area contributed by atoms with Gasteiger partial charge in [0.2, 0.25) is 0 Å². The van der Waals surface area contributed by atoms with Gasteiger partial charge in [-0.05, 0) is 6.42 Å². The van der Waals surface area contributed by atoms with Gasteiger partial charge in [-0.15, -0.1) is 12.3 Å². The van der Waals surface area contributed by atoms with E-state index in [1.165, 1.54) is 0 Å². The van der Waals surface area contributed by atoms with Crippen molar-refractivity contribution in [2.24, 2.45) is 0 Å². The van der Waals surface area contributed by atoms with Crippen molar-refractivity contribution in [3.63, 3.8) is 0 Å². The summed E-state index contributed by atoms with van der Waals surface area (Å²) < 4.78 is 1.79. The van der Waals surface area contributed by atoms with Crippen molar-refractivity contribution >= 4 is 11.6 Å². The van der Waals surface area contributed by atoms with Crippen molar-refractivity contribution in [1.29, 1.82) is 0 Å². The first-order chi connectivity index (χ1) is 5.33. The highest BCUT2D eigenvalue weighted by Crippen LogP contribution is 2.05. The Balaban J connectivity index is 2.34. The van der Waals surface area contributed by atoms with E-state index in [4.69, 9.17) is 18.0 Å². The molecule has 0 aliphatic heterocycles. The summed E-state index contributed by atoms with van der Waals surface area (Å²) in [7, 11) is 0. The molecule has 0 N–H and O–H groups in total. The average molecular weight is 169 g/mol. The van der Waals surface area contributed by atoms with Crippen LogP contribution in [0.25, 0.3) is 0 Å². The highest BCUT2D eigenvalue weighted by atomic mass is 35.5. The lowest BCUT2D eigenvalue weighted by molar-refractivity contribution is 0.587. The monoisotopic (exact) mass is 168 g/mol. The highest BCUT2D eigenvalue weighted by molar-refractivity contribution is 6.30. The summed E-state index contributed by atoms with van der Waals surface area (Å²) in [6, 6.07) is 0. The molecule has 0 radical (unpaired) electrons. The van der Waals surface area contributed by atoms with Crippen LogP contribution < -0.4 is 0 Å². The van der Waals surface area contributed by atoms with E-state index >= 15 is 0 Å². The number of unbranched alkanes of at least 4 members (excludes halogenated alkanes) is 1. The molecule has 3 heteroatoms. The Hall–Kier alpha value is -0.940. The van der Waals surface area contributed by atoms with Crippen molar-refractivity contribution in [2.75, 3.05) is 0 Å². The zero-order chi connectivity index (χ0) is 8.10. The third-order valence-electron chi connectivity index (χ3n) is 1.31. The fourth-order valence-corrected chi connectivity index (χ4v) is 0.960. The van der Waals surface area contributed by atoms with E-state index in [2.05, 4.69) is 11.0 Å². The Kier molecular flexibility index (Phi) is 3.00. The van der Waals surface area contributed by atoms with Gasteiger partial charge >= 0.3 is 0 Å². The fraction of sp³-hybridized carbons (Fsp3) is 0.375. The van der Waals surface area contributed by atoms with E-state index in [-0.39, 0.29) is 0 Å². The minimum absolute atomic E-state index is 0.672. The number of aryl methyl sites for hydroxylation is 1. The van der Waals surface area contributed by atoms with Crippen LogP contribution in [0.5, 0.6) is 0 Å². The third kappa shape index (κ3) is 2.65. The van der Waals surface area contributed by atoms with Crippen LogP contribution in [0.2, 0.25) is 5.02 Å². The lowest BCUT2D eigenvalue weighted by atomic mass is 10.3. The molecule has 0 spiro atoms. The van der Waals surface area contributed by atoms with E-state index in [0.717, 1.165) is 19.4 Å². The summed E-state index contributed by atoms with van der Waals surface area (Å²) in [5, 5.41) is 4.68. The first-order valence-corrected chi connectivity index (χ1v) is 3.82. The van der Waals surface area contributed by atoms with Crippen LogP contribution in [-0.4, -0.2) is 9.78 Å². The second-order valence-corrected chi connectivity index (χ2v) is 2.67. The lowest BCUT2D eigenvalue weighted by Gasteiger charge is -1.95. The molecule has 0 amide bonds. The average Bonchev–Trinajstić information content (AvgIpc) is 2.37. The van der Waals surface area contributed by atoms with E-state index in [9.17, 15) is 0 Å². The van der Waals surface area contributed by atoms with Gasteiger partial charge in [-0.25, -0.2) is 0 Å². The summed E-state index contributed by atoms with van der Waals surface area (Å²) >= 11 is 5.65. The van der Waals surface area contributed by atoms with Crippen LogP contribution in [0.3, 0.4) is 0 Å². The Bertz CT molecular complexity index is 259. The molecule has 1 rings (SSSR count). The van der Waals surface area contributed by atoms with E-state index in [0.29, 0.717) is 5.02 Å². The first-order valence-electron chi connectivity index (χ1n) is 3.44. The molecule has 1 aromatic heterocycles. The molecule has 1 heterocycles. The van der Waals surface area contributed by atoms with Gasteiger partial charge in [0.05, 0.1) is 11.2 Å². The molecule has 0 unspecified atom stereocenters. The molecule has 0 bridgehead atoms. The Morgan fingerprint density at radius 3 is 3.09 bits per heavy atom. The zero-order valence-electron chi connectivity index (χ0n) is 6.13. The molecule has 58 valence electrons. The van der Waals surface area contributed by atoms with Crippen molar-refractivity contribution in [2.45, 2.75) is 19.4 Å². The molecule has 0 saturated heterocycles. The number of halogens is 1. The molecule has 0 fully saturated rings. The smallest absolute Gasteiger partial charge is 0.0785 e. The maximum atomic E-state index is 5.65. The molecule has 0 atom stereocenters. The van der Waals surface area contributed by atoms with Crippen molar-refractivity contribution in [3.8, 4) is 12.3 Å². The van der Waals surface area contributed by atoms with Gasteiger partial charge < -0.3 is 0 Å². The third-order valence-corrected chi connectivity index (χ3v) is 1.51. The molecule has 0 saturated carbocycles. The Morgan fingerprint density at radius 1 is 1.73 bits per heavy atom. The molecule has 0 aliphatic carbocycles. The Morgan fingerprint density at radius 2 is 2.55 bits per heavy atom. The predicted octanol–water partition coefficient (Wildman–Crippen LogP) is 1.95. The van der Waals surface area contributed by atoms with E-state index in [1.807, 2.05) is 0 Å². The largest absolute Gasteiger partial charge is 0.271 e. The van der Waals surface area contributed by atoms with Gasteiger partial charge in [-0.3, -0.25) is 4.68 Å². The second-order valence-electron chi connectivity index (χ2n) is 2.23. The van der Waals surface area contributed by atoms with Gasteiger partial charge in [0.15, 0.2) is 0 Å². The number of rotatable bonds is 3. The van der Waals surface area contributed by atoms with Gasteiger partial charge in [0.1, 0.15) is 0 Å². The van der Waals surface area contributed by atoms with Gasteiger partial charge in [0.25, 0.3) is 0 Å². The number of aromatic nitrogens is 2. The molecule has 2 nitrogen and oxygen atoms in total. The van der Waals surface area contributed by atoms with Crippen molar-refractivity contribution < 1.29 is 0 Å². The predicted molar refractivity (Wildman–Crippen MR) is 45.3 cm³/mol. The van der Waals surface area contributed by atoms with Gasteiger partial charge in [0, 0.05) is 19.2 Å². The number of hydrogen-bond acceptors (Lipinski definition) is 1. The van der Waals surface area contributed by atoms with E-state index in [1.54, 1.807) is 17.1 Å². The minimum Gasteiger partial charge on any atom is -0.271 e. The molecule has 0 aliphatic rings. The van der Waals surface area contributed by atoms with Crippen molar-refractivity contribution in [1.82, 2.24) is 9.78 Å². The maximum Gasteiger partial charge on any atom is 0.0785 e. The standard InChI is InChI=1S/C8H9ClN2/c1-2-3-4-5-11-7-8(9)6-10-11/h1,6-7H,3-5H2. The molecule has 1 aromatic rings. The molecular formula is C8H9ClN2. The maximum absolute atomic E-state index is 5.65. The molecular weight excluding hydrogens is 160 g/mol. The minimum atomic E-state index is 0.672. The molecule has 11 heavy (non-hydrogen) atoms. The fourth-order valence-electron chi connectivity index (χ4n) is 0.804. The summed E-state index contributed by atoms with van der Waals surface area (Å²) in [4.78, 5) is 0. The van der Waals surface area contributed by atoms with Crippen LogP contribution in [0.1, 0.15) is 12.8 Å². The normalized spacial score (nSPS) is 9.45. The Labute approximate surface area is 71.2 Å². The van der Waals surface area contributed by atoms with Crippen LogP contribution in [0.15, 0.2) is 12.4 Å². The summed E-state index contributed by atoms with van der Waals surface area (Å²) in [6.45, 7) is 0.844. The zero-order valence-corrected chi connectivity index (χ0v) is 6.88. The summed E-state index contributed by atoms with van der Waals surface area (Å²) in [6.07, 6.45) is 10.2. The van der Waals surface area contributed by atoms with Crippen LogP contribution >= 0.6 is 11.6 Å².